The number of likely N-dealkylation sites (tertiary alicyclic amines) is 1. The summed E-state index contributed by atoms with van der Waals surface area (Å²) >= 11 is 1.74. The second-order valence-corrected chi connectivity index (χ2v) is 6.44. The van der Waals surface area contributed by atoms with Gasteiger partial charge in [-0.15, -0.1) is 11.3 Å². The molecule has 0 bridgehead atoms. The van der Waals surface area contributed by atoms with Crippen molar-refractivity contribution in [3.63, 3.8) is 0 Å². The number of benzene rings is 1. The first-order valence-corrected chi connectivity index (χ1v) is 8.33. The number of thiazole rings is 1. The van der Waals surface area contributed by atoms with Crippen LogP contribution in [0.4, 0.5) is 0 Å². The van der Waals surface area contributed by atoms with E-state index in [1.165, 1.54) is 17.8 Å². The number of hydrogen-bond donors (Lipinski definition) is 0. The second kappa shape index (κ2) is 5.78. The molecule has 0 radical (unpaired) electrons. The first-order valence-electron chi connectivity index (χ1n) is 7.45. The highest BCUT2D eigenvalue weighted by atomic mass is 32.1. The zero-order valence-electron chi connectivity index (χ0n) is 12.4. The molecule has 6 heteroatoms. The van der Waals surface area contributed by atoms with E-state index in [1.54, 1.807) is 18.4 Å². The minimum Gasteiger partial charge on any atom is -0.496 e. The Morgan fingerprint density at radius 3 is 3.00 bits per heavy atom. The quantitative estimate of drug-likeness (QED) is 0.866. The maximum Gasteiger partial charge on any atom is 0.231 e. The number of aromatic nitrogens is 1. The van der Waals surface area contributed by atoms with Crippen molar-refractivity contribution in [2.45, 2.75) is 25.4 Å². The lowest BCUT2D eigenvalue weighted by Crippen LogP contribution is -2.23. The van der Waals surface area contributed by atoms with Crippen LogP contribution in [0.5, 0.6) is 17.2 Å². The second-order valence-electron chi connectivity index (χ2n) is 5.52. The molecule has 1 aromatic heterocycles. The molecule has 3 heterocycles. The van der Waals surface area contributed by atoms with Crippen molar-refractivity contribution in [3.05, 3.63) is 34.3 Å². The van der Waals surface area contributed by atoms with E-state index in [-0.39, 0.29) is 6.79 Å². The standard InChI is InChI=1S/C16H18N2O3S/c1-19-13-8-15-14(20-10-21-15)7-11(13)9-18-5-2-3-12(18)16-17-4-6-22-16/h4,6-8,12H,2-3,5,9-10H2,1H3. The van der Waals surface area contributed by atoms with Gasteiger partial charge in [0.1, 0.15) is 10.8 Å². The zero-order valence-corrected chi connectivity index (χ0v) is 13.3. The molecule has 1 fully saturated rings. The highest BCUT2D eigenvalue weighted by Gasteiger charge is 2.29. The molecule has 0 amide bonds. The highest BCUT2D eigenvalue weighted by Crippen LogP contribution is 2.40. The van der Waals surface area contributed by atoms with Gasteiger partial charge >= 0.3 is 0 Å². The van der Waals surface area contributed by atoms with Crippen LogP contribution in [0, 0.1) is 0 Å². The Kier molecular flexibility index (Phi) is 3.63. The summed E-state index contributed by atoms with van der Waals surface area (Å²) in [6.07, 6.45) is 4.26. The van der Waals surface area contributed by atoms with Gasteiger partial charge in [0.2, 0.25) is 6.79 Å². The van der Waals surface area contributed by atoms with Crippen molar-refractivity contribution in [1.29, 1.82) is 0 Å². The van der Waals surface area contributed by atoms with Crippen molar-refractivity contribution in [3.8, 4) is 17.2 Å². The van der Waals surface area contributed by atoms with Gasteiger partial charge in [0.15, 0.2) is 11.5 Å². The Morgan fingerprint density at radius 1 is 1.36 bits per heavy atom. The van der Waals surface area contributed by atoms with E-state index in [0.29, 0.717) is 6.04 Å². The number of methoxy groups -OCH3 is 1. The van der Waals surface area contributed by atoms with Crippen LogP contribution < -0.4 is 14.2 Å². The fraction of sp³-hybridized carbons (Fsp3) is 0.438. The Labute approximate surface area is 133 Å². The normalized spacial score (nSPS) is 20.5. The van der Waals surface area contributed by atoms with Crippen molar-refractivity contribution in [1.82, 2.24) is 9.88 Å². The molecular formula is C16H18N2O3S. The summed E-state index contributed by atoms with van der Waals surface area (Å²) in [5.41, 5.74) is 1.13. The molecule has 0 spiro atoms. The third-order valence-corrected chi connectivity index (χ3v) is 5.13. The van der Waals surface area contributed by atoms with Crippen LogP contribution in [-0.4, -0.2) is 30.3 Å². The summed E-state index contributed by atoms with van der Waals surface area (Å²) in [7, 11) is 1.70. The fourth-order valence-corrected chi connectivity index (χ4v) is 4.00. The average molecular weight is 318 g/mol. The lowest BCUT2D eigenvalue weighted by Gasteiger charge is -2.23. The van der Waals surface area contributed by atoms with E-state index in [0.717, 1.165) is 35.9 Å². The van der Waals surface area contributed by atoms with Gasteiger partial charge in [-0.3, -0.25) is 4.90 Å². The molecule has 116 valence electrons. The van der Waals surface area contributed by atoms with E-state index >= 15 is 0 Å². The lowest BCUT2D eigenvalue weighted by molar-refractivity contribution is 0.173. The van der Waals surface area contributed by atoms with Crippen LogP contribution in [0.25, 0.3) is 0 Å². The van der Waals surface area contributed by atoms with E-state index < -0.39 is 0 Å². The molecule has 4 rings (SSSR count). The summed E-state index contributed by atoms with van der Waals surface area (Å²) in [6.45, 7) is 2.21. The first kappa shape index (κ1) is 13.8. The Balaban J connectivity index is 1.60. The number of hydrogen-bond acceptors (Lipinski definition) is 6. The van der Waals surface area contributed by atoms with Crippen LogP contribution >= 0.6 is 11.3 Å². The van der Waals surface area contributed by atoms with Crippen LogP contribution in [0.2, 0.25) is 0 Å². The van der Waals surface area contributed by atoms with E-state index in [9.17, 15) is 0 Å². The molecule has 2 aromatic rings. The Morgan fingerprint density at radius 2 is 2.23 bits per heavy atom. The van der Waals surface area contributed by atoms with Crippen LogP contribution in [-0.2, 0) is 6.54 Å². The number of rotatable bonds is 4. The monoisotopic (exact) mass is 318 g/mol. The summed E-state index contributed by atoms with van der Waals surface area (Å²) in [5, 5.41) is 3.25. The van der Waals surface area contributed by atoms with Gasteiger partial charge in [0.25, 0.3) is 0 Å². The molecule has 22 heavy (non-hydrogen) atoms. The van der Waals surface area contributed by atoms with Gasteiger partial charge in [-0.2, -0.15) is 0 Å². The fourth-order valence-electron chi connectivity index (χ4n) is 3.19. The molecule has 2 aliphatic rings. The molecule has 0 N–H and O–H groups in total. The smallest absolute Gasteiger partial charge is 0.231 e. The molecule has 0 saturated carbocycles. The molecule has 1 unspecified atom stereocenters. The third kappa shape index (κ3) is 2.42. The summed E-state index contributed by atoms with van der Waals surface area (Å²) in [5.74, 6) is 2.42. The zero-order chi connectivity index (χ0) is 14.9. The molecule has 1 aromatic carbocycles. The minimum atomic E-state index is 0.285. The lowest BCUT2D eigenvalue weighted by atomic mass is 10.1. The first-order chi connectivity index (χ1) is 10.8. The predicted octanol–water partition coefficient (Wildman–Crippen LogP) is 3.22. The van der Waals surface area contributed by atoms with Crippen molar-refractivity contribution < 1.29 is 14.2 Å². The van der Waals surface area contributed by atoms with Crippen LogP contribution in [0.1, 0.15) is 29.5 Å². The van der Waals surface area contributed by atoms with Gasteiger partial charge in [-0.1, -0.05) is 0 Å². The van der Waals surface area contributed by atoms with Gasteiger partial charge in [-0.25, -0.2) is 4.98 Å². The summed E-state index contributed by atoms with van der Waals surface area (Å²) in [6, 6.07) is 4.37. The largest absolute Gasteiger partial charge is 0.496 e. The summed E-state index contributed by atoms with van der Waals surface area (Å²) < 4.78 is 16.4. The van der Waals surface area contributed by atoms with E-state index in [2.05, 4.69) is 9.88 Å². The molecular weight excluding hydrogens is 300 g/mol. The summed E-state index contributed by atoms with van der Waals surface area (Å²) in [4.78, 5) is 6.96. The third-order valence-electron chi connectivity index (χ3n) is 4.25. The van der Waals surface area contributed by atoms with Gasteiger partial charge in [0, 0.05) is 29.8 Å². The number of fused-ring (bicyclic) bond motifs is 1. The van der Waals surface area contributed by atoms with Gasteiger partial charge in [-0.05, 0) is 25.5 Å². The number of nitrogens with zero attached hydrogens (tertiary/aromatic N) is 2. The van der Waals surface area contributed by atoms with Crippen molar-refractivity contribution in [2.75, 3.05) is 20.4 Å². The molecule has 1 atom stereocenters. The molecule has 1 saturated heterocycles. The maximum absolute atomic E-state index is 5.53. The predicted molar refractivity (Wildman–Crippen MR) is 83.6 cm³/mol. The Bertz CT molecular complexity index is 660. The molecule has 2 aliphatic heterocycles. The average Bonchev–Trinajstić information content (AvgIpc) is 3.27. The minimum absolute atomic E-state index is 0.285. The van der Waals surface area contributed by atoms with Crippen molar-refractivity contribution in [2.24, 2.45) is 0 Å². The van der Waals surface area contributed by atoms with E-state index in [4.69, 9.17) is 14.2 Å². The molecule has 5 nitrogen and oxygen atoms in total. The van der Waals surface area contributed by atoms with Crippen LogP contribution in [0.3, 0.4) is 0 Å². The van der Waals surface area contributed by atoms with Gasteiger partial charge in [0.05, 0.1) is 13.2 Å². The Hall–Kier alpha value is -1.79. The van der Waals surface area contributed by atoms with Gasteiger partial charge < -0.3 is 14.2 Å². The van der Waals surface area contributed by atoms with E-state index in [1.807, 2.05) is 23.7 Å². The topological polar surface area (TPSA) is 43.8 Å². The maximum atomic E-state index is 5.53. The molecule has 0 aliphatic carbocycles. The van der Waals surface area contributed by atoms with Crippen LogP contribution in [0.15, 0.2) is 23.7 Å². The number of ether oxygens (including phenoxy) is 3. The SMILES string of the molecule is COc1cc2c(cc1CN1CCCC1c1nccs1)OCO2. The highest BCUT2D eigenvalue weighted by molar-refractivity contribution is 7.09. The van der Waals surface area contributed by atoms with Crippen molar-refractivity contribution >= 4 is 11.3 Å².